The number of thiazole rings is 1. The maximum atomic E-state index is 12.3. The van der Waals surface area contributed by atoms with Crippen molar-refractivity contribution in [1.29, 1.82) is 0 Å². The molecule has 1 fully saturated rings. The molecule has 2 unspecified atom stereocenters. The van der Waals surface area contributed by atoms with Gasteiger partial charge in [-0.3, -0.25) is 4.79 Å². The lowest BCUT2D eigenvalue weighted by Crippen LogP contribution is -2.38. The lowest BCUT2D eigenvalue weighted by atomic mass is 10.1. The molecule has 2 heterocycles. The molecule has 1 amide bonds. The molecule has 16 heavy (non-hydrogen) atoms. The van der Waals surface area contributed by atoms with Crippen molar-refractivity contribution in [2.45, 2.75) is 26.3 Å². The standard InChI is InChI=1S/C11H15ClN2OS/c1-7-3-4-14(9(7)5-12)11(15)10-8(2)13-6-16-10/h6-7,9H,3-5H2,1-2H3. The SMILES string of the molecule is Cc1ncsc1C(=O)N1CCC(C)C1CCl. The second-order valence-corrected chi connectivity index (χ2v) is 5.42. The summed E-state index contributed by atoms with van der Waals surface area (Å²) in [5, 5.41) is 0. The molecule has 0 aliphatic carbocycles. The highest BCUT2D eigenvalue weighted by Gasteiger charge is 2.35. The monoisotopic (exact) mass is 258 g/mol. The lowest BCUT2D eigenvalue weighted by molar-refractivity contribution is 0.0741. The van der Waals surface area contributed by atoms with Crippen LogP contribution in [0.3, 0.4) is 0 Å². The molecule has 1 aliphatic rings. The van der Waals surface area contributed by atoms with E-state index in [2.05, 4.69) is 11.9 Å². The van der Waals surface area contributed by atoms with Crippen LogP contribution >= 0.6 is 22.9 Å². The number of likely N-dealkylation sites (tertiary alicyclic amines) is 1. The molecule has 1 aliphatic heterocycles. The zero-order valence-corrected chi connectivity index (χ0v) is 11.0. The van der Waals surface area contributed by atoms with E-state index in [-0.39, 0.29) is 11.9 Å². The summed E-state index contributed by atoms with van der Waals surface area (Å²) >= 11 is 7.35. The molecule has 0 radical (unpaired) electrons. The van der Waals surface area contributed by atoms with Crippen LogP contribution in [0.2, 0.25) is 0 Å². The second-order valence-electron chi connectivity index (χ2n) is 4.25. The van der Waals surface area contributed by atoms with Crippen LogP contribution in [0.4, 0.5) is 0 Å². The van der Waals surface area contributed by atoms with Gasteiger partial charge in [-0.2, -0.15) is 0 Å². The third-order valence-corrected chi connectivity index (χ3v) is 4.47. The van der Waals surface area contributed by atoms with Gasteiger partial charge in [-0.15, -0.1) is 22.9 Å². The Labute approximate surface area is 104 Å². The average molecular weight is 259 g/mol. The molecule has 2 atom stereocenters. The van der Waals surface area contributed by atoms with Crippen LogP contribution in [0, 0.1) is 12.8 Å². The fourth-order valence-corrected chi connectivity index (χ4v) is 3.36. The highest BCUT2D eigenvalue weighted by molar-refractivity contribution is 7.11. The number of aromatic nitrogens is 1. The summed E-state index contributed by atoms with van der Waals surface area (Å²) in [6.07, 6.45) is 1.04. The van der Waals surface area contributed by atoms with E-state index < -0.39 is 0 Å². The summed E-state index contributed by atoms with van der Waals surface area (Å²) in [6, 6.07) is 0.177. The van der Waals surface area contributed by atoms with E-state index in [0.717, 1.165) is 23.5 Å². The maximum absolute atomic E-state index is 12.3. The Morgan fingerprint density at radius 2 is 2.50 bits per heavy atom. The number of amides is 1. The first kappa shape index (κ1) is 11.9. The fraction of sp³-hybridized carbons (Fsp3) is 0.636. The van der Waals surface area contributed by atoms with Gasteiger partial charge < -0.3 is 4.90 Å². The van der Waals surface area contributed by atoms with Crippen LogP contribution in [-0.4, -0.2) is 34.3 Å². The van der Waals surface area contributed by atoms with Crippen LogP contribution in [0.1, 0.15) is 28.7 Å². The van der Waals surface area contributed by atoms with E-state index in [1.54, 1.807) is 5.51 Å². The predicted octanol–water partition coefficient (Wildman–Crippen LogP) is 2.54. The number of carbonyl (C=O) groups is 1. The van der Waals surface area contributed by atoms with Crippen molar-refractivity contribution >= 4 is 28.8 Å². The van der Waals surface area contributed by atoms with E-state index in [1.807, 2.05) is 11.8 Å². The number of carbonyl (C=O) groups excluding carboxylic acids is 1. The Morgan fingerprint density at radius 3 is 3.06 bits per heavy atom. The predicted molar refractivity (Wildman–Crippen MR) is 66.2 cm³/mol. The summed E-state index contributed by atoms with van der Waals surface area (Å²) in [7, 11) is 0. The minimum Gasteiger partial charge on any atom is -0.333 e. The molecule has 0 saturated carbocycles. The van der Waals surface area contributed by atoms with Gasteiger partial charge in [0.2, 0.25) is 0 Å². The van der Waals surface area contributed by atoms with E-state index >= 15 is 0 Å². The van der Waals surface area contributed by atoms with Crippen molar-refractivity contribution in [2.24, 2.45) is 5.92 Å². The van der Waals surface area contributed by atoms with Crippen LogP contribution in [0.25, 0.3) is 0 Å². The molecule has 2 rings (SSSR count). The molecule has 5 heteroatoms. The Balaban J connectivity index is 2.20. The van der Waals surface area contributed by atoms with Gasteiger partial charge in [0.05, 0.1) is 11.2 Å². The third-order valence-electron chi connectivity index (χ3n) is 3.24. The van der Waals surface area contributed by atoms with Crippen LogP contribution < -0.4 is 0 Å². The van der Waals surface area contributed by atoms with E-state index in [4.69, 9.17) is 11.6 Å². The van der Waals surface area contributed by atoms with E-state index in [0.29, 0.717) is 11.8 Å². The van der Waals surface area contributed by atoms with Crippen molar-refractivity contribution in [1.82, 2.24) is 9.88 Å². The highest BCUT2D eigenvalue weighted by Crippen LogP contribution is 2.28. The normalized spacial score (nSPS) is 25.1. The minimum atomic E-state index is 0.0926. The molecular formula is C11H15ClN2OS. The summed E-state index contributed by atoms with van der Waals surface area (Å²) in [5.74, 6) is 1.11. The van der Waals surface area contributed by atoms with E-state index in [9.17, 15) is 4.79 Å². The molecule has 0 bridgehead atoms. The van der Waals surface area contributed by atoms with Crippen LogP contribution in [0.5, 0.6) is 0 Å². The number of hydrogen-bond donors (Lipinski definition) is 0. The molecule has 88 valence electrons. The number of nitrogens with zero attached hydrogens (tertiary/aromatic N) is 2. The molecule has 1 aromatic heterocycles. The Bertz CT molecular complexity index is 393. The second kappa shape index (κ2) is 4.72. The molecule has 0 N–H and O–H groups in total. The van der Waals surface area contributed by atoms with Gasteiger partial charge in [0.15, 0.2) is 0 Å². The Hall–Kier alpha value is -0.610. The number of rotatable bonds is 2. The summed E-state index contributed by atoms with van der Waals surface area (Å²) in [4.78, 5) is 19.1. The quantitative estimate of drug-likeness (QED) is 0.764. The first-order valence-electron chi connectivity index (χ1n) is 5.42. The van der Waals surface area contributed by atoms with Crippen LogP contribution in [-0.2, 0) is 0 Å². The molecule has 0 spiro atoms. The molecule has 3 nitrogen and oxygen atoms in total. The zero-order valence-electron chi connectivity index (χ0n) is 9.44. The van der Waals surface area contributed by atoms with Gasteiger partial charge in [0.1, 0.15) is 4.88 Å². The Kier molecular flexibility index (Phi) is 3.50. The number of halogens is 1. The average Bonchev–Trinajstić information content (AvgIpc) is 2.83. The van der Waals surface area contributed by atoms with Crippen LogP contribution in [0.15, 0.2) is 5.51 Å². The smallest absolute Gasteiger partial charge is 0.266 e. The maximum Gasteiger partial charge on any atom is 0.266 e. The first-order valence-corrected chi connectivity index (χ1v) is 6.83. The first-order chi connectivity index (χ1) is 7.65. The number of aryl methyl sites for hydroxylation is 1. The summed E-state index contributed by atoms with van der Waals surface area (Å²) in [6.45, 7) is 4.84. The number of hydrogen-bond acceptors (Lipinski definition) is 3. The summed E-state index contributed by atoms with van der Waals surface area (Å²) < 4.78 is 0. The van der Waals surface area contributed by atoms with Gasteiger partial charge in [0.25, 0.3) is 5.91 Å². The molecule has 1 aromatic rings. The van der Waals surface area contributed by atoms with Gasteiger partial charge in [-0.05, 0) is 19.3 Å². The van der Waals surface area contributed by atoms with Gasteiger partial charge in [0, 0.05) is 18.5 Å². The van der Waals surface area contributed by atoms with Crippen molar-refractivity contribution in [3.63, 3.8) is 0 Å². The highest BCUT2D eigenvalue weighted by atomic mass is 35.5. The minimum absolute atomic E-state index is 0.0926. The molecular weight excluding hydrogens is 244 g/mol. The van der Waals surface area contributed by atoms with Crippen molar-refractivity contribution in [3.8, 4) is 0 Å². The molecule has 0 aromatic carbocycles. The molecule has 1 saturated heterocycles. The third kappa shape index (κ3) is 1.96. The van der Waals surface area contributed by atoms with Crippen molar-refractivity contribution in [2.75, 3.05) is 12.4 Å². The zero-order chi connectivity index (χ0) is 11.7. The van der Waals surface area contributed by atoms with Gasteiger partial charge >= 0.3 is 0 Å². The van der Waals surface area contributed by atoms with E-state index in [1.165, 1.54) is 11.3 Å². The van der Waals surface area contributed by atoms with Crippen molar-refractivity contribution < 1.29 is 4.79 Å². The lowest BCUT2D eigenvalue weighted by Gasteiger charge is -2.24. The van der Waals surface area contributed by atoms with Gasteiger partial charge in [-0.1, -0.05) is 6.92 Å². The van der Waals surface area contributed by atoms with Gasteiger partial charge in [-0.25, -0.2) is 4.98 Å². The summed E-state index contributed by atoms with van der Waals surface area (Å²) in [5.41, 5.74) is 2.54. The largest absolute Gasteiger partial charge is 0.333 e. The topological polar surface area (TPSA) is 33.2 Å². The Morgan fingerprint density at radius 1 is 1.75 bits per heavy atom. The number of alkyl halides is 1. The van der Waals surface area contributed by atoms with Crippen molar-refractivity contribution in [3.05, 3.63) is 16.1 Å². The fourth-order valence-electron chi connectivity index (χ4n) is 2.13.